The summed E-state index contributed by atoms with van der Waals surface area (Å²) in [5.74, 6) is 5.49. The molecule has 0 unspecified atom stereocenters. The van der Waals surface area contributed by atoms with Crippen LogP contribution in [0.2, 0.25) is 0 Å². The molecule has 0 spiro atoms. The molecular formula is C33H46O4. The molecule has 0 amide bonds. The third-order valence-electron chi connectivity index (χ3n) is 13.8. The second kappa shape index (κ2) is 7.57. The van der Waals surface area contributed by atoms with Crippen LogP contribution in [0, 0.1) is 64.6 Å². The SMILES string of the molecule is O=C(OC12CC3CC(CC(C3)C1)C2)C(C(=O)OC12CC3CC(CC(C3)C1)C2)C12CC3CC(CC(C3)C1)C2. The maximum absolute atomic E-state index is 14.4. The van der Waals surface area contributed by atoms with E-state index < -0.39 is 5.92 Å². The number of carbonyl (C=O) groups excluding carboxylic acids is 2. The zero-order valence-electron chi connectivity index (χ0n) is 22.6. The number of hydrogen-bond donors (Lipinski definition) is 0. The number of rotatable bonds is 5. The lowest BCUT2D eigenvalue weighted by molar-refractivity contribution is -0.216. The third kappa shape index (κ3) is 3.51. The molecule has 0 radical (unpaired) electrons. The van der Waals surface area contributed by atoms with Crippen LogP contribution in [0.4, 0.5) is 0 Å². The van der Waals surface area contributed by atoms with Crippen LogP contribution in [-0.4, -0.2) is 23.1 Å². The molecule has 0 aromatic rings. The van der Waals surface area contributed by atoms with Gasteiger partial charge < -0.3 is 9.47 Å². The monoisotopic (exact) mass is 506 g/mol. The van der Waals surface area contributed by atoms with E-state index in [2.05, 4.69) is 0 Å². The Morgan fingerprint density at radius 1 is 0.432 bits per heavy atom. The zero-order valence-corrected chi connectivity index (χ0v) is 22.6. The van der Waals surface area contributed by atoms with Gasteiger partial charge in [0.25, 0.3) is 0 Å². The van der Waals surface area contributed by atoms with Gasteiger partial charge in [0.15, 0.2) is 5.92 Å². The van der Waals surface area contributed by atoms with E-state index in [-0.39, 0.29) is 28.6 Å². The average molecular weight is 507 g/mol. The van der Waals surface area contributed by atoms with Crippen molar-refractivity contribution in [3.05, 3.63) is 0 Å². The van der Waals surface area contributed by atoms with Crippen LogP contribution in [0.15, 0.2) is 0 Å². The summed E-state index contributed by atoms with van der Waals surface area (Å²) in [6.07, 6.45) is 21.4. The first-order valence-corrected chi connectivity index (χ1v) is 16.3. The Labute approximate surface area is 222 Å². The summed E-state index contributed by atoms with van der Waals surface area (Å²) in [6, 6.07) is 0. The van der Waals surface area contributed by atoms with E-state index in [9.17, 15) is 9.59 Å². The fourth-order valence-electron chi connectivity index (χ4n) is 14.0. The second-order valence-electron chi connectivity index (χ2n) is 16.8. The van der Waals surface area contributed by atoms with Gasteiger partial charge >= 0.3 is 11.9 Å². The number of hydrogen-bond acceptors (Lipinski definition) is 4. The molecule has 0 heterocycles. The second-order valence-corrected chi connectivity index (χ2v) is 16.8. The molecule has 12 aliphatic carbocycles. The largest absolute Gasteiger partial charge is 0.458 e. The zero-order chi connectivity index (χ0) is 24.6. The smallest absolute Gasteiger partial charge is 0.321 e. The molecule has 0 aromatic heterocycles. The molecule has 0 atom stereocenters. The minimum Gasteiger partial charge on any atom is -0.458 e. The molecule has 0 saturated heterocycles. The summed E-state index contributed by atoms with van der Waals surface area (Å²) in [5, 5.41) is 0. The van der Waals surface area contributed by atoms with Gasteiger partial charge in [-0.05, 0) is 174 Å². The van der Waals surface area contributed by atoms with Gasteiger partial charge in [0, 0.05) is 0 Å². The lowest BCUT2D eigenvalue weighted by Crippen LogP contribution is -2.59. The van der Waals surface area contributed by atoms with Gasteiger partial charge in [-0.3, -0.25) is 9.59 Å². The van der Waals surface area contributed by atoms with Gasteiger partial charge in [0.1, 0.15) is 11.2 Å². The van der Waals surface area contributed by atoms with E-state index in [1.54, 1.807) is 0 Å². The summed E-state index contributed by atoms with van der Waals surface area (Å²) in [7, 11) is 0. The highest BCUT2D eigenvalue weighted by atomic mass is 16.6. The van der Waals surface area contributed by atoms with Crippen molar-refractivity contribution in [1.82, 2.24) is 0 Å². The van der Waals surface area contributed by atoms with Crippen molar-refractivity contribution in [3.8, 4) is 0 Å². The van der Waals surface area contributed by atoms with E-state index in [0.717, 1.165) is 93.3 Å². The summed E-state index contributed by atoms with van der Waals surface area (Å²) < 4.78 is 13.4. The Morgan fingerprint density at radius 2 is 0.676 bits per heavy atom. The molecular weight excluding hydrogens is 460 g/mol. The fourth-order valence-corrected chi connectivity index (χ4v) is 14.0. The van der Waals surface area contributed by atoms with E-state index in [1.807, 2.05) is 0 Å². The molecule has 0 aliphatic heterocycles. The molecule has 12 rings (SSSR count). The lowest BCUT2D eigenvalue weighted by Gasteiger charge is -2.60. The van der Waals surface area contributed by atoms with Crippen LogP contribution in [0.1, 0.15) is 116 Å². The quantitative estimate of drug-likeness (QED) is 0.302. The highest BCUT2D eigenvalue weighted by Crippen LogP contribution is 2.65. The van der Waals surface area contributed by atoms with Crippen molar-refractivity contribution in [2.45, 2.75) is 127 Å². The molecule has 0 N–H and O–H groups in total. The predicted octanol–water partition coefficient (Wildman–Crippen LogP) is 6.84. The maximum Gasteiger partial charge on any atom is 0.321 e. The fraction of sp³-hybridized carbons (Fsp3) is 0.939. The van der Waals surface area contributed by atoms with Gasteiger partial charge in [0.2, 0.25) is 0 Å². The molecule has 12 fully saturated rings. The van der Waals surface area contributed by atoms with Gasteiger partial charge in [0.05, 0.1) is 0 Å². The van der Waals surface area contributed by atoms with Crippen LogP contribution in [0.3, 0.4) is 0 Å². The summed E-state index contributed by atoms with van der Waals surface area (Å²) in [6.45, 7) is 0. The molecule has 4 nitrogen and oxygen atoms in total. The van der Waals surface area contributed by atoms with Crippen LogP contribution < -0.4 is 0 Å². The van der Waals surface area contributed by atoms with E-state index in [4.69, 9.17) is 9.47 Å². The van der Waals surface area contributed by atoms with E-state index >= 15 is 0 Å². The van der Waals surface area contributed by atoms with Crippen molar-refractivity contribution in [3.63, 3.8) is 0 Å². The van der Waals surface area contributed by atoms with Crippen molar-refractivity contribution in [2.75, 3.05) is 0 Å². The highest BCUT2D eigenvalue weighted by molar-refractivity contribution is 5.96. The summed E-state index contributed by atoms with van der Waals surface area (Å²) >= 11 is 0. The van der Waals surface area contributed by atoms with Gasteiger partial charge in [-0.1, -0.05) is 0 Å². The van der Waals surface area contributed by atoms with Crippen molar-refractivity contribution < 1.29 is 19.1 Å². The molecule has 202 valence electrons. The number of ether oxygens (including phenoxy) is 2. The lowest BCUT2D eigenvalue weighted by atomic mass is 9.46. The van der Waals surface area contributed by atoms with Gasteiger partial charge in [-0.2, -0.15) is 0 Å². The van der Waals surface area contributed by atoms with E-state index in [1.165, 1.54) is 57.8 Å². The van der Waals surface area contributed by atoms with Gasteiger partial charge in [-0.15, -0.1) is 0 Å². The summed E-state index contributed by atoms with van der Waals surface area (Å²) in [4.78, 5) is 28.9. The molecule has 12 aliphatic rings. The molecule has 4 heteroatoms. The molecule has 0 aromatic carbocycles. The first-order chi connectivity index (χ1) is 17.8. The number of carbonyl (C=O) groups is 2. The Balaban J connectivity index is 1.03. The first-order valence-electron chi connectivity index (χ1n) is 16.3. The highest BCUT2D eigenvalue weighted by Gasteiger charge is 2.62. The Hall–Kier alpha value is -1.06. The van der Waals surface area contributed by atoms with Crippen LogP contribution >= 0.6 is 0 Å². The summed E-state index contributed by atoms with van der Waals surface area (Å²) in [5.41, 5.74) is -0.770. The van der Waals surface area contributed by atoms with Crippen LogP contribution in [0.25, 0.3) is 0 Å². The van der Waals surface area contributed by atoms with Crippen LogP contribution in [0.5, 0.6) is 0 Å². The third-order valence-corrected chi connectivity index (χ3v) is 13.8. The van der Waals surface area contributed by atoms with Crippen molar-refractivity contribution >= 4 is 11.9 Å². The van der Waals surface area contributed by atoms with E-state index in [0.29, 0.717) is 17.8 Å². The van der Waals surface area contributed by atoms with Gasteiger partial charge in [-0.25, -0.2) is 0 Å². The molecule has 37 heavy (non-hydrogen) atoms. The average Bonchev–Trinajstić information content (AvgIpc) is 2.75. The normalized spacial score (nSPS) is 56.5. The minimum atomic E-state index is -0.679. The predicted molar refractivity (Wildman–Crippen MR) is 138 cm³/mol. The topological polar surface area (TPSA) is 52.6 Å². The maximum atomic E-state index is 14.4. The standard InChI is InChI=1S/C33H46O4/c34-29(36-32-13-22-4-23(14-32)6-24(5-22)15-32)28(31-10-19-1-20(11-31)3-21(2-19)12-31)30(35)37-33-16-25-7-26(17-33)9-27(8-25)18-33/h19-28H,1-18H2. The molecule has 12 bridgehead atoms. The minimum absolute atomic E-state index is 0.168. The van der Waals surface area contributed by atoms with Crippen molar-refractivity contribution in [2.24, 2.45) is 64.6 Å². The Bertz CT molecular complexity index is 846. The van der Waals surface area contributed by atoms with Crippen LogP contribution in [-0.2, 0) is 19.1 Å². The van der Waals surface area contributed by atoms with Crippen molar-refractivity contribution in [1.29, 1.82) is 0 Å². The number of esters is 2. The Morgan fingerprint density at radius 3 is 0.946 bits per heavy atom. The molecule has 12 saturated carbocycles. The first kappa shape index (κ1) is 22.7. The Kier molecular flexibility index (Phi) is 4.65.